The number of nitrogen functional groups attached to an aromatic ring is 1. The molecule has 2 aromatic carbocycles. The molecule has 2 heterocycles. The summed E-state index contributed by atoms with van der Waals surface area (Å²) in [6.45, 7) is 1.70. The van der Waals surface area contributed by atoms with Crippen molar-refractivity contribution in [3.05, 3.63) is 65.9 Å². The van der Waals surface area contributed by atoms with Crippen molar-refractivity contribution in [2.45, 2.75) is 6.92 Å². The van der Waals surface area contributed by atoms with Crippen LogP contribution in [0.2, 0.25) is 0 Å². The lowest BCUT2D eigenvalue weighted by Crippen LogP contribution is -2.23. The Morgan fingerprint density at radius 1 is 1.17 bits per heavy atom. The number of benzene rings is 2. The van der Waals surface area contributed by atoms with Gasteiger partial charge < -0.3 is 10.8 Å². The molecule has 11 nitrogen and oxygen atoms in total. The van der Waals surface area contributed by atoms with Gasteiger partial charge in [0.1, 0.15) is 11.4 Å². The van der Waals surface area contributed by atoms with Gasteiger partial charge >= 0.3 is 0 Å². The van der Waals surface area contributed by atoms with E-state index in [0.717, 1.165) is 4.68 Å². The van der Waals surface area contributed by atoms with Gasteiger partial charge in [-0.15, -0.1) is 5.10 Å². The summed E-state index contributed by atoms with van der Waals surface area (Å²) in [7, 11) is 0. The molecule has 0 aliphatic heterocycles. The molecular formula is C19H16N8O3. The normalized spacial score (nSPS) is 11.4. The van der Waals surface area contributed by atoms with Crippen LogP contribution in [0, 0.1) is 0 Å². The second kappa shape index (κ2) is 7.83. The van der Waals surface area contributed by atoms with Gasteiger partial charge in [0, 0.05) is 11.1 Å². The monoisotopic (exact) mass is 404 g/mol. The SMILES string of the molecule is C/C(=N/NC(=O)c1c(-c2ccccc2)nnn1-c1nonc1N)c1cccc(O)c1. The zero-order valence-electron chi connectivity index (χ0n) is 15.7. The first-order valence-corrected chi connectivity index (χ1v) is 8.78. The Labute approximate surface area is 169 Å². The van der Waals surface area contributed by atoms with E-state index in [4.69, 9.17) is 5.73 Å². The molecule has 1 amide bonds. The average Bonchev–Trinajstić information content (AvgIpc) is 3.38. The van der Waals surface area contributed by atoms with E-state index in [1.54, 1.807) is 37.3 Å². The van der Waals surface area contributed by atoms with Crippen molar-refractivity contribution in [1.82, 2.24) is 30.7 Å². The number of phenolic OH excluding ortho intramolecular Hbond substituents is 1. The molecular weight excluding hydrogens is 388 g/mol. The lowest BCUT2D eigenvalue weighted by molar-refractivity contribution is 0.0947. The minimum absolute atomic E-state index is 0.0310. The fourth-order valence-electron chi connectivity index (χ4n) is 2.75. The van der Waals surface area contributed by atoms with Gasteiger partial charge in [0.05, 0.1) is 5.71 Å². The Morgan fingerprint density at radius 3 is 2.67 bits per heavy atom. The summed E-state index contributed by atoms with van der Waals surface area (Å²) in [5, 5.41) is 29.1. The number of nitrogens with zero attached hydrogens (tertiary/aromatic N) is 6. The highest BCUT2D eigenvalue weighted by Gasteiger charge is 2.25. The van der Waals surface area contributed by atoms with Gasteiger partial charge in [-0.25, -0.2) is 10.1 Å². The Kier molecular flexibility index (Phi) is 4.91. The van der Waals surface area contributed by atoms with E-state index in [-0.39, 0.29) is 23.1 Å². The van der Waals surface area contributed by atoms with Crippen LogP contribution in [0.3, 0.4) is 0 Å². The van der Waals surface area contributed by atoms with Crippen molar-refractivity contribution in [1.29, 1.82) is 0 Å². The number of nitrogens with one attached hydrogen (secondary N) is 1. The largest absolute Gasteiger partial charge is 0.508 e. The van der Waals surface area contributed by atoms with Crippen LogP contribution in [-0.2, 0) is 0 Å². The molecule has 0 bridgehead atoms. The maximum atomic E-state index is 13.0. The van der Waals surface area contributed by atoms with Crippen LogP contribution in [0.25, 0.3) is 17.1 Å². The van der Waals surface area contributed by atoms with Crippen LogP contribution in [0.4, 0.5) is 5.82 Å². The second-order valence-electron chi connectivity index (χ2n) is 6.23. The molecule has 0 fully saturated rings. The van der Waals surface area contributed by atoms with E-state index in [1.807, 2.05) is 18.2 Å². The van der Waals surface area contributed by atoms with Crippen molar-refractivity contribution < 1.29 is 14.5 Å². The van der Waals surface area contributed by atoms with Gasteiger partial charge in [-0.3, -0.25) is 4.79 Å². The van der Waals surface area contributed by atoms with Crippen molar-refractivity contribution in [2.75, 3.05) is 5.73 Å². The number of carbonyl (C=O) groups excluding carboxylic acids is 1. The van der Waals surface area contributed by atoms with E-state index in [9.17, 15) is 9.90 Å². The molecule has 0 saturated carbocycles. The Morgan fingerprint density at radius 2 is 1.97 bits per heavy atom. The number of hydrogen-bond donors (Lipinski definition) is 3. The zero-order chi connectivity index (χ0) is 21.1. The number of nitrogens with two attached hydrogens (primary N) is 1. The van der Waals surface area contributed by atoms with Crippen LogP contribution in [0.1, 0.15) is 23.0 Å². The summed E-state index contributed by atoms with van der Waals surface area (Å²) in [4.78, 5) is 13.0. The Hall–Kier alpha value is -4.54. The summed E-state index contributed by atoms with van der Waals surface area (Å²) >= 11 is 0. The molecule has 0 spiro atoms. The van der Waals surface area contributed by atoms with Crippen LogP contribution in [-0.4, -0.2) is 42.0 Å². The van der Waals surface area contributed by atoms with Crippen molar-refractivity contribution in [3.8, 4) is 22.8 Å². The molecule has 4 N–H and O–H groups in total. The van der Waals surface area contributed by atoms with E-state index in [0.29, 0.717) is 22.5 Å². The maximum Gasteiger partial charge on any atom is 0.292 e. The first-order chi connectivity index (χ1) is 14.5. The van der Waals surface area contributed by atoms with Crippen LogP contribution in [0.15, 0.2) is 64.3 Å². The molecule has 2 aromatic heterocycles. The number of amides is 1. The lowest BCUT2D eigenvalue weighted by atomic mass is 10.1. The molecule has 4 aromatic rings. The van der Waals surface area contributed by atoms with Gasteiger partial charge in [-0.2, -0.15) is 9.78 Å². The molecule has 0 aliphatic carbocycles. The fourth-order valence-corrected chi connectivity index (χ4v) is 2.75. The molecule has 11 heteroatoms. The molecule has 0 saturated heterocycles. The number of hydrazone groups is 1. The van der Waals surface area contributed by atoms with E-state index >= 15 is 0 Å². The zero-order valence-corrected chi connectivity index (χ0v) is 15.7. The van der Waals surface area contributed by atoms with Crippen molar-refractivity contribution in [3.63, 3.8) is 0 Å². The third kappa shape index (κ3) is 3.58. The Bertz CT molecular complexity index is 1230. The molecule has 4 rings (SSSR count). The quantitative estimate of drug-likeness (QED) is 0.335. The molecule has 150 valence electrons. The Balaban J connectivity index is 1.73. The lowest BCUT2D eigenvalue weighted by Gasteiger charge is -2.06. The maximum absolute atomic E-state index is 13.0. The highest BCUT2D eigenvalue weighted by molar-refractivity contribution is 6.02. The summed E-state index contributed by atoms with van der Waals surface area (Å²) in [5.41, 5.74) is 10.4. The number of rotatable bonds is 5. The first kappa shape index (κ1) is 18.8. The fraction of sp³-hybridized carbons (Fsp3) is 0.0526. The smallest absolute Gasteiger partial charge is 0.292 e. The number of hydrogen-bond acceptors (Lipinski definition) is 9. The van der Waals surface area contributed by atoms with Crippen LogP contribution in [0.5, 0.6) is 5.75 Å². The van der Waals surface area contributed by atoms with Gasteiger partial charge in [-0.1, -0.05) is 47.7 Å². The first-order valence-electron chi connectivity index (χ1n) is 8.78. The predicted molar refractivity (Wildman–Crippen MR) is 107 cm³/mol. The number of carbonyl (C=O) groups is 1. The van der Waals surface area contributed by atoms with E-state index in [2.05, 4.69) is 35.8 Å². The van der Waals surface area contributed by atoms with E-state index in [1.165, 1.54) is 6.07 Å². The minimum atomic E-state index is -0.597. The molecule has 0 radical (unpaired) electrons. The molecule has 30 heavy (non-hydrogen) atoms. The highest BCUT2D eigenvalue weighted by Crippen LogP contribution is 2.24. The van der Waals surface area contributed by atoms with Crippen LogP contribution < -0.4 is 11.2 Å². The molecule has 0 atom stereocenters. The van der Waals surface area contributed by atoms with Crippen LogP contribution >= 0.6 is 0 Å². The number of anilines is 1. The van der Waals surface area contributed by atoms with Gasteiger partial charge in [-0.05, 0) is 29.4 Å². The number of aromatic nitrogens is 5. The standard InChI is InChI=1S/C19H16N8O3/c1-11(13-8-5-9-14(28)10-13)21-23-19(29)16-15(12-6-3-2-4-7-12)22-26-27(16)18-17(20)24-30-25-18/h2-10,28H,1H3,(H2,20,24)(H,23,29)/b21-11-. The van der Waals surface area contributed by atoms with Gasteiger partial charge in [0.25, 0.3) is 5.91 Å². The van der Waals surface area contributed by atoms with E-state index < -0.39 is 5.91 Å². The highest BCUT2D eigenvalue weighted by atomic mass is 16.6. The number of phenols is 1. The molecule has 0 aliphatic rings. The average molecular weight is 404 g/mol. The summed E-state index contributed by atoms with van der Waals surface area (Å²) < 4.78 is 5.76. The second-order valence-corrected chi connectivity index (χ2v) is 6.23. The van der Waals surface area contributed by atoms with Gasteiger partial charge in [0.15, 0.2) is 5.69 Å². The van der Waals surface area contributed by atoms with Gasteiger partial charge in [0.2, 0.25) is 11.6 Å². The minimum Gasteiger partial charge on any atom is -0.508 e. The molecule has 0 unspecified atom stereocenters. The summed E-state index contributed by atoms with van der Waals surface area (Å²) in [6, 6.07) is 15.6. The third-order valence-corrected chi connectivity index (χ3v) is 4.22. The third-order valence-electron chi connectivity index (χ3n) is 4.22. The number of aromatic hydroxyl groups is 1. The van der Waals surface area contributed by atoms with Crippen molar-refractivity contribution >= 4 is 17.4 Å². The predicted octanol–water partition coefficient (Wildman–Crippen LogP) is 1.76. The summed E-state index contributed by atoms with van der Waals surface area (Å²) in [5.74, 6) is -0.520. The summed E-state index contributed by atoms with van der Waals surface area (Å²) in [6.07, 6.45) is 0. The van der Waals surface area contributed by atoms with Crippen molar-refractivity contribution in [2.24, 2.45) is 5.10 Å². The topological polar surface area (TPSA) is 157 Å².